The number of piperazine rings is 1. The van der Waals surface area contributed by atoms with E-state index in [0.29, 0.717) is 51.2 Å². The van der Waals surface area contributed by atoms with Crippen LogP contribution in [-0.2, 0) is 6.54 Å². The van der Waals surface area contributed by atoms with Crippen LogP contribution in [0.1, 0.15) is 28.5 Å². The van der Waals surface area contributed by atoms with Crippen molar-refractivity contribution in [1.82, 2.24) is 20.2 Å². The normalized spacial score (nSPS) is 13.9. The number of hydrogen-bond acceptors (Lipinski definition) is 6. The monoisotopic (exact) mass is 399 g/mol. The zero-order chi connectivity index (χ0) is 20.8. The molecule has 0 aliphatic carbocycles. The summed E-state index contributed by atoms with van der Waals surface area (Å²) in [7, 11) is 0. The average Bonchev–Trinajstić information content (AvgIpc) is 2.72. The van der Waals surface area contributed by atoms with Crippen molar-refractivity contribution < 1.29 is 19.4 Å². The van der Waals surface area contributed by atoms with E-state index in [-0.39, 0.29) is 11.6 Å². The first-order valence-electron chi connectivity index (χ1n) is 9.54. The van der Waals surface area contributed by atoms with Crippen LogP contribution in [0.3, 0.4) is 0 Å². The number of carboxylic acid groups (broad SMARTS) is 1. The largest absolute Gasteiger partial charge is 0.478 e. The lowest BCUT2D eigenvalue weighted by Crippen LogP contribution is -2.52. The van der Waals surface area contributed by atoms with Crippen molar-refractivity contribution in [1.29, 1.82) is 0 Å². The summed E-state index contributed by atoms with van der Waals surface area (Å²) in [4.78, 5) is 36.0. The molecule has 1 aromatic carbocycles. The maximum Gasteiger partial charge on any atom is 0.335 e. The number of nitrogens with one attached hydrogen (secondary N) is 1. The maximum atomic E-state index is 12.4. The van der Waals surface area contributed by atoms with Crippen LogP contribution < -0.4 is 15.0 Å². The van der Waals surface area contributed by atoms with Crippen molar-refractivity contribution in [3.8, 4) is 5.88 Å². The highest BCUT2D eigenvalue weighted by atomic mass is 16.5. The minimum absolute atomic E-state index is 0.146. The quantitative estimate of drug-likeness (QED) is 0.764. The Hall–Kier alpha value is -3.36. The summed E-state index contributed by atoms with van der Waals surface area (Å²) in [5.74, 6) is 0.209. The molecule has 1 aliphatic heterocycles. The number of carbonyl (C=O) groups excluding carboxylic acids is 1. The van der Waals surface area contributed by atoms with Crippen molar-refractivity contribution >= 4 is 17.9 Å². The van der Waals surface area contributed by atoms with Gasteiger partial charge in [-0.1, -0.05) is 12.1 Å². The smallest absolute Gasteiger partial charge is 0.335 e. The summed E-state index contributed by atoms with van der Waals surface area (Å²) in [5, 5.41) is 11.8. The standard InChI is InChI=1S/C20H25N5O4/c1-3-29-17-12-14(2)22-19(23-17)24-8-10-25(11-9-24)20(28)21-13-15-4-6-16(7-5-15)18(26)27/h4-7,12H,3,8-11,13H2,1-2H3,(H,21,28)(H,26,27). The molecule has 2 aromatic rings. The zero-order valence-electron chi connectivity index (χ0n) is 16.6. The third-order valence-corrected chi connectivity index (χ3v) is 4.61. The van der Waals surface area contributed by atoms with E-state index in [1.54, 1.807) is 23.1 Å². The Balaban J connectivity index is 1.51. The molecule has 1 aromatic heterocycles. The number of carbonyl (C=O) groups is 2. The Bertz CT molecular complexity index is 864. The van der Waals surface area contributed by atoms with E-state index in [2.05, 4.69) is 15.3 Å². The summed E-state index contributed by atoms with van der Waals surface area (Å²) in [6, 6.07) is 8.12. The molecule has 0 bridgehead atoms. The highest BCUT2D eigenvalue weighted by molar-refractivity contribution is 5.87. The number of amides is 2. The number of nitrogens with zero attached hydrogens (tertiary/aromatic N) is 4. The molecule has 0 saturated carbocycles. The first-order valence-corrected chi connectivity index (χ1v) is 9.54. The molecule has 2 heterocycles. The SMILES string of the molecule is CCOc1cc(C)nc(N2CCN(C(=O)NCc3ccc(C(=O)O)cc3)CC2)n1. The number of aromatic carboxylic acids is 1. The van der Waals surface area contributed by atoms with Gasteiger partial charge in [0.15, 0.2) is 0 Å². The second-order valence-corrected chi connectivity index (χ2v) is 6.72. The van der Waals surface area contributed by atoms with Crippen LogP contribution in [0.2, 0.25) is 0 Å². The van der Waals surface area contributed by atoms with Crippen molar-refractivity contribution in [2.75, 3.05) is 37.7 Å². The summed E-state index contributed by atoms with van der Waals surface area (Å²) < 4.78 is 5.49. The fourth-order valence-corrected chi connectivity index (χ4v) is 3.05. The molecule has 0 atom stereocenters. The van der Waals surface area contributed by atoms with Gasteiger partial charge in [0.2, 0.25) is 11.8 Å². The molecule has 0 radical (unpaired) electrons. The lowest BCUT2D eigenvalue weighted by Gasteiger charge is -2.34. The molecule has 3 rings (SSSR count). The number of carboxylic acids is 1. The maximum absolute atomic E-state index is 12.4. The summed E-state index contributed by atoms with van der Waals surface area (Å²) in [5.41, 5.74) is 1.91. The molecule has 2 amide bonds. The van der Waals surface area contributed by atoms with Crippen LogP contribution in [0, 0.1) is 6.92 Å². The van der Waals surface area contributed by atoms with E-state index in [0.717, 1.165) is 11.3 Å². The second-order valence-electron chi connectivity index (χ2n) is 6.72. The minimum Gasteiger partial charge on any atom is -0.478 e. The lowest BCUT2D eigenvalue weighted by molar-refractivity contribution is 0.0697. The van der Waals surface area contributed by atoms with Gasteiger partial charge in [0.05, 0.1) is 12.2 Å². The molecule has 1 fully saturated rings. The summed E-state index contributed by atoms with van der Waals surface area (Å²) >= 11 is 0. The van der Waals surface area contributed by atoms with E-state index >= 15 is 0 Å². The predicted octanol–water partition coefficient (Wildman–Crippen LogP) is 1.91. The van der Waals surface area contributed by atoms with Gasteiger partial charge in [-0.15, -0.1) is 0 Å². The molecule has 9 nitrogen and oxygen atoms in total. The topological polar surface area (TPSA) is 108 Å². The molecule has 29 heavy (non-hydrogen) atoms. The minimum atomic E-state index is -0.968. The Kier molecular flexibility index (Phi) is 6.48. The van der Waals surface area contributed by atoms with E-state index in [9.17, 15) is 9.59 Å². The third kappa shape index (κ3) is 5.34. The van der Waals surface area contributed by atoms with Gasteiger partial charge in [-0.3, -0.25) is 0 Å². The van der Waals surface area contributed by atoms with Gasteiger partial charge in [0, 0.05) is 44.5 Å². The van der Waals surface area contributed by atoms with Crippen LogP contribution in [0.4, 0.5) is 10.7 Å². The van der Waals surface area contributed by atoms with Crippen molar-refractivity contribution in [2.24, 2.45) is 0 Å². The van der Waals surface area contributed by atoms with E-state index in [4.69, 9.17) is 9.84 Å². The average molecular weight is 399 g/mol. The van der Waals surface area contributed by atoms with Gasteiger partial charge >= 0.3 is 12.0 Å². The number of urea groups is 1. The zero-order valence-corrected chi connectivity index (χ0v) is 16.6. The fourth-order valence-electron chi connectivity index (χ4n) is 3.05. The van der Waals surface area contributed by atoms with Gasteiger partial charge in [-0.25, -0.2) is 14.6 Å². The van der Waals surface area contributed by atoms with Crippen molar-refractivity contribution in [3.63, 3.8) is 0 Å². The Morgan fingerprint density at radius 3 is 2.45 bits per heavy atom. The molecule has 0 unspecified atom stereocenters. The molecule has 154 valence electrons. The molecule has 1 saturated heterocycles. The Labute approximate surface area is 169 Å². The summed E-state index contributed by atoms with van der Waals surface area (Å²) in [6.45, 7) is 7.09. The number of ether oxygens (including phenoxy) is 1. The first kappa shape index (κ1) is 20.4. The van der Waals surface area contributed by atoms with Crippen LogP contribution in [0.15, 0.2) is 30.3 Å². The fraction of sp³-hybridized carbons (Fsp3) is 0.400. The Morgan fingerprint density at radius 2 is 1.83 bits per heavy atom. The van der Waals surface area contributed by atoms with Gasteiger partial charge in [-0.05, 0) is 31.5 Å². The van der Waals surface area contributed by atoms with E-state index in [1.807, 2.05) is 18.7 Å². The van der Waals surface area contributed by atoms with Crippen LogP contribution in [0.5, 0.6) is 5.88 Å². The highest BCUT2D eigenvalue weighted by Crippen LogP contribution is 2.17. The van der Waals surface area contributed by atoms with Gasteiger partial charge in [0.1, 0.15) is 0 Å². The predicted molar refractivity (Wildman–Crippen MR) is 107 cm³/mol. The number of anilines is 1. The van der Waals surface area contributed by atoms with Gasteiger partial charge in [0.25, 0.3) is 0 Å². The van der Waals surface area contributed by atoms with E-state index < -0.39 is 5.97 Å². The molecule has 9 heteroatoms. The van der Waals surface area contributed by atoms with Crippen LogP contribution >= 0.6 is 0 Å². The first-order chi connectivity index (χ1) is 14.0. The lowest BCUT2D eigenvalue weighted by atomic mass is 10.1. The molecule has 0 spiro atoms. The van der Waals surface area contributed by atoms with Crippen molar-refractivity contribution in [3.05, 3.63) is 47.2 Å². The van der Waals surface area contributed by atoms with E-state index in [1.165, 1.54) is 12.1 Å². The summed E-state index contributed by atoms with van der Waals surface area (Å²) in [6.07, 6.45) is 0. The van der Waals surface area contributed by atoms with Gasteiger partial charge < -0.3 is 25.0 Å². The van der Waals surface area contributed by atoms with Crippen molar-refractivity contribution in [2.45, 2.75) is 20.4 Å². The molecular weight excluding hydrogens is 374 g/mol. The van der Waals surface area contributed by atoms with Gasteiger partial charge in [-0.2, -0.15) is 4.98 Å². The number of hydrogen-bond donors (Lipinski definition) is 2. The van der Waals surface area contributed by atoms with Crippen LogP contribution in [0.25, 0.3) is 0 Å². The molecular formula is C20H25N5O4. The second kappa shape index (κ2) is 9.22. The molecule has 1 aliphatic rings. The third-order valence-electron chi connectivity index (χ3n) is 4.61. The highest BCUT2D eigenvalue weighted by Gasteiger charge is 2.23. The number of aryl methyl sites for hydroxylation is 1. The number of benzene rings is 1. The van der Waals surface area contributed by atoms with Crippen LogP contribution in [-0.4, -0.2) is 64.8 Å². The Morgan fingerprint density at radius 1 is 1.14 bits per heavy atom. The number of aromatic nitrogens is 2. The molecule has 2 N–H and O–H groups in total. The number of rotatable bonds is 6.